The zero-order valence-corrected chi connectivity index (χ0v) is 24.6. The molecule has 5 unspecified atom stereocenters. The predicted octanol–water partition coefficient (Wildman–Crippen LogP) is 2.52. The highest BCUT2D eigenvalue weighted by atomic mass is 19.1. The van der Waals surface area contributed by atoms with Gasteiger partial charge in [0.25, 0.3) is 0 Å². The van der Waals surface area contributed by atoms with Crippen LogP contribution in [0.4, 0.5) is 9.18 Å². The van der Waals surface area contributed by atoms with Crippen LogP contribution in [0, 0.1) is 11.8 Å². The number of alkyl halides is 1. The summed E-state index contributed by atoms with van der Waals surface area (Å²) in [6, 6.07) is -0.294. The third-order valence-corrected chi connectivity index (χ3v) is 8.97. The fraction of sp³-hybridized carbons (Fsp3) is 0.621. The SMILES string of the molecule is C=CC(=O)N1CCN(C2NC(=O)N3C(=C(N=C)C(C)C)/C(=C\C)CCCC4=CN(NN4)C4NC3C2CC4F)[C@@H](C)C1. The Morgan fingerprint density at radius 1 is 1.22 bits per heavy atom. The molecule has 41 heavy (non-hydrogen) atoms. The lowest BCUT2D eigenvalue weighted by Crippen LogP contribution is -2.77. The summed E-state index contributed by atoms with van der Waals surface area (Å²) in [7, 11) is 0. The number of hydrogen-bond donors (Lipinski definition) is 4. The molecule has 0 saturated carbocycles. The van der Waals surface area contributed by atoms with Crippen molar-refractivity contribution in [3.63, 3.8) is 0 Å². The van der Waals surface area contributed by atoms with Gasteiger partial charge in [0.1, 0.15) is 12.3 Å². The fourth-order valence-corrected chi connectivity index (χ4v) is 6.94. The lowest BCUT2D eigenvalue weighted by Gasteiger charge is -2.56. The molecule has 5 aliphatic heterocycles. The van der Waals surface area contributed by atoms with Gasteiger partial charge in [-0.2, -0.15) is 0 Å². The van der Waals surface area contributed by atoms with Gasteiger partial charge in [-0.25, -0.2) is 9.18 Å². The number of fused-ring (bicyclic) bond motifs is 3. The van der Waals surface area contributed by atoms with E-state index in [4.69, 9.17) is 0 Å². The number of hydrazine groups is 2. The van der Waals surface area contributed by atoms with Crippen molar-refractivity contribution >= 4 is 18.7 Å². The molecule has 0 aromatic heterocycles. The Balaban J connectivity index is 1.58. The number of nitrogens with one attached hydrogen (secondary N) is 4. The first-order valence-electron chi connectivity index (χ1n) is 14.7. The van der Waals surface area contributed by atoms with E-state index in [1.807, 2.05) is 33.9 Å². The molecule has 0 radical (unpaired) electrons. The molecule has 0 aromatic rings. The van der Waals surface area contributed by atoms with Crippen molar-refractivity contribution in [2.75, 3.05) is 19.6 Å². The van der Waals surface area contributed by atoms with Crippen molar-refractivity contribution in [2.45, 2.75) is 84.1 Å². The smallest absolute Gasteiger partial charge is 0.324 e. The normalized spacial score (nSPS) is 34.8. The second-order valence-electron chi connectivity index (χ2n) is 11.8. The van der Waals surface area contributed by atoms with Crippen molar-refractivity contribution in [1.29, 1.82) is 0 Å². The molecular formula is C29H44FN9O2. The van der Waals surface area contributed by atoms with Crippen molar-refractivity contribution in [1.82, 2.24) is 41.3 Å². The number of carbonyl (C=O) groups is 2. The van der Waals surface area contributed by atoms with Gasteiger partial charge in [0.2, 0.25) is 5.91 Å². The predicted molar refractivity (Wildman–Crippen MR) is 156 cm³/mol. The number of urea groups is 1. The van der Waals surface area contributed by atoms with Crippen molar-refractivity contribution in [2.24, 2.45) is 16.8 Å². The van der Waals surface area contributed by atoms with E-state index in [1.54, 1.807) is 14.8 Å². The first-order chi connectivity index (χ1) is 19.7. The van der Waals surface area contributed by atoms with Gasteiger partial charge in [-0.15, -0.1) is 5.53 Å². The van der Waals surface area contributed by atoms with E-state index in [1.165, 1.54) is 6.08 Å². The van der Waals surface area contributed by atoms with Gasteiger partial charge in [-0.05, 0) is 63.8 Å². The van der Waals surface area contributed by atoms with Gasteiger partial charge >= 0.3 is 6.03 Å². The summed E-state index contributed by atoms with van der Waals surface area (Å²) in [6.45, 7) is 17.2. The highest BCUT2D eigenvalue weighted by Crippen LogP contribution is 2.40. The van der Waals surface area contributed by atoms with E-state index in [9.17, 15) is 9.59 Å². The molecule has 5 rings (SSSR count). The van der Waals surface area contributed by atoms with Crippen LogP contribution < -0.4 is 21.6 Å². The van der Waals surface area contributed by atoms with E-state index in [2.05, 4.69) is 50.9 Å². The number of piperidine rings is 1. The number of rotatable bonds is 4. The van der Waals surface area contributed by atoms with Crippen LogP contribution in [0.15, 0.2) is 52.6 Å². The standard InChI is InChI=1S/C29H44FN9O2/c1-7-19-10-9-11-20-16-38(35-34-20)28-22(30)14-21-26(37-13-12-36(15-18(37)5)23(40)8-2)33-29(41)39(27(21)32-28)25(19)24(31-6)17(3)4/h7-8,16-18,21-22,26-28,32,34-35H,2,6,9-15H2,1,3-5H3,(H,33,41)/b19-7-,25-24?/t18-,21?,22?,26?,27?,28?/m0/s1. The lowest BCUT2D eigenvalue weighted by atomic mass is 9.84. The molecule has 3 saturated heterocycles. The van der Waals surface area contributed by atoms with Crippen LogP contribution in [0.25, 0.3) is 0 Å². The van der Waals surface area contributed by atoms with E-state index in [-0.39, 0.29) is 36.2 Å². The lowest BCUT2D eigenvalue weighted by molar-refractivity contribution is -0.131. The minimum Gasteiger partial charge on any atom is -0.336 e. The number of aliphatic imine (C=N–C) groups is 1. The Bertz CT molecular complexity index is 1170. The van der Waals surface area contributed by atoms with Gasteiger partial charge in [-0.3, -0.25) is 29.9 Å². The van der Waals surface area contributed by atoms with Crippen molar-refractivity contribution in [3.8, 4) is 0 Å². The summed E-state index contributed by atoms with van der Waals surface area (Å²) >= 11 is 0. The summed E-state index contributed by atoms with van der Waals surface area (Å²) in [5, 5.41) is 8.54. The summed E-state index contributed by atoms with van der Waals surface area (Å²) in [4.78, 5) is 36.8. The number of hydrogen-bond acceptors (Lipinski definition) is 8. The summed E-state index contributed by atoms with van der Waals surface area (Å²) in [5.41, 5.74) is 9.80. The summed E-state index contributed by atoms with van der Waals surface area (Å²) < 4.78 is 16.1. The molecule has 5 heterocycles. The second kappa shape index (κ2) is 11.9. The Labute approximate surface area is 242 Å². The molecule has 12 heteroatoms. The zero-order valence-electron chi connectivity index (χ0n) is 24.6. The molecule has 4 bridgehead atoms. The molecule has 3 fully saturated rings. The number of carbonyl (C=O) groups excluding carboxylic acids is 2. The average Bonchev–Trinajstić information content (AvgIpc) is 3.42. The molecule has 6 atom stereocenters. The van der Waals surface area contributed by atoms with E-state index in [0.29, 0.717) is 19.6 Å². The monoisotopic (exact) mass is 569 g/mol. The van der Waals surface area contributed by atoms with E-state index < -0.39 is 24.7 Å². The number of piperazine rings is 1. The Kier molecular flexibility index (Phi) is 8.53. The van der Waals surface area contributed by atoms with Gasteiger partial charge < -0.3 is 15.6 Å². The van der Waals surface area contributed by atoms with Crippen LogP contribution in [-0.4, -0.2) is 88.7 Å². The Morgan fingerprint density at radius 3 is 2.66 bits per heavy atom. The fourth-order valence-electron chi connectivity index (χ4n) is 6.94. The van der Waals surface area contributed by atoms with Crippen LogP contribution in [0.5, 0.6) is 0 Å². The molecule has 5 aliphatic rings. The third kappa shape index (κ3) is 5.40. The van der Waals surface area contributed by atoms with Gasteiger partial charge in [-0.1, -0.05) is 26.5 Å². The molecule has 0 aromatic carbocycles. The maximum absolute atomic E-state index is 16.1. The number of halogens is 1. The number of nitrogens with zero attached hydrogens (tertiary/aromatic N) is 5. The molecule has 11 nitrogen and oxygen atoms in total. The largest absolute Gasteiger partial charge is 0.336 e. The van der Waals surface area contributed by atoms with Crippen LogP contribution in [0.2, 0.25) is 0 Å². The Hall–Kier alpha value is -3.22. The number of allylic oxidation sites excluding steroid dienone is 4. The van der Waals surface area contributed by atoms with Crippen LogP contribution >= 0.6 is 0 Å². The highest BCUT2D eigenvalue weighted by Gasteiger charge is 2.53. The molecule has 0 spiro atoms. The third-order valence-electron chi connectivity index (χ3n) is 8.97. The van der Waals surface area contributed by atoms with Crippen molar-refractivity contribution < 1.29 is 14.0 Å². The van der Waals surface area contributed by atoms with Crippen LogP contribution in [0.3, 0.4) is 0 Å². The average molecular weight is 570 g/mol. The number of amides is 3. The maximum atomic E-state index is 16.1. The quantitative estimate of drug-likeness (QED) is 0.305. The van der Waals surface area contributed by atoms with E-state index in [0.717, 1.165) is 41.9 Å². The maximum Gasteiger partial charge on any atom is 0.324 e. The van der Waals surface area contributed by atoms with Crippen LogP contribution in [0.1, 0.15) is 53.4 Å². The molecular weight excluding hydrogens is 525 g/mol. The first-order valence-corrected chi connectivity index (χ1v) is 14.7. The zero-order chi connectivity index (χ0) is 29.4. The van der Waals surface area contributed by atoms with Crippen molar-refractivity contribution in [3.05, 3.63) is 47.6 Å². The molecule has 224 valence electrons. The Morgan fingerprint density at radius 2 is 2.00 bits per heavy atom. The van der Waals surface area contributed by atoms with Gasteiger partial charge in [0.15, 0.2) is 0 Å². The molecule has 0 aliphatic carbocycles. The second-order valence-corrected chi connectivity index (χ2v) is 11.8. The minimum atomic E-state index is -1.21. The van der Waals surface area contributed by atoms with Crippen LogP contribution in [-0.2, 0) is 4.79 Å². The molecule has 4 N–H and O–H groups in total. The van der Waals surface area contributed by atoms with Gasteiger partial charge in [0, 0.05) is 43.5 Å². The highest BCUT2D eigenvalue weighted by molar-refractivity contribution is 5.87. The minimum absolute atomic E-state index is 0.0177. The topological polar surface area (TPSA) is 108 Å². The van der Waals surface area contributed by atoms with E-state index >= 15 is 4.39 Å². The first kappa shape index (κ1) is 29.3. The molecule has 3 amide bonds. The summed E-state index contributed by atoms with van der Waals surface area (Å²) in [6.07, 6.45) is 5.08. The summed E-state index contributed by atoms with van der Waals surface area (Å²) in [5.74, 6) is -0.368. The van der Waals surface area contributed by atoms with Gasteiger partial charge in [0.05, 0.1) is 23.7 Å².